The Morgan fingerprint density at radius 3 is 2.67 bits per heavy atom. The first kappa shape index (κ1) is 14.8. The van der Waals surface area contributed by atoms with Gasteiger partial charge in [0.1, 0.15) is 0 Å². The molecule has 0 aliphatic carbocycles. The molecule has 18 heavy (non-hydrogen) atoms. The highest BCUT2D eigenvalue weighted by molar-refractivity contribution is 9.10. The molecular weight excluding hydrogens is 311 g/mol. The second kappa shape index (κ2) is 6.04. The Hall–Kier alpha value is -1.30. The van der Waals surface area contributed by atoms with Gasteiger partial charge >= 0.3 is 6.18 Å². The third kappa shape index (κ3) is 4.52. The molecule has 1 aromatic rings. The lowest BCUT2D eigenvalue weighted by molar-refractivity contribution is -0.137. The van der Waals surface area contributed by atoms with Crippen molar-refractivity contribution >= 4 is 27.9 Å². The molecule has 98 valence electrons. The number of nitrogens with one attached hydrogen (secondary N) is 1. The van der Waals surface area contributed by atoms with Crippen LogP contribution in [0, 0.1) is 0 Å². The first-order chi connectivity index (χ1) is 8.30. The predicted molar refractivity (Wildman–Crippen MR) is 66.9 cm³/mol. The molecule has 0 radical (unpaired) electrons. The molecule has 0 aromatic heterocycles. The van der Waals surface area contributed by atoms with Gasteiger partial charge in [-0.05, 0) is 17.7 Å². The van der Waals surface area contributed by atoms with Crippen LogP contribution in [-0.2, 0) is 11.0 Å². The molecule has 0 spiro atoms. The molecule has 2 nitrogen and oxygen atoms in total. The summed E-state index contributed by atoms with van der Waals surface area (Å²) in [6.45, 7) is 1.54. The zero-order valence-corrected chi connectivity index (χ0v) is 11.1. The van der Waals surface area contributed by atoms with Gasteiger partial charge < -0.3 is 5.32 Å². The third-order valence-electron chi connectivity index (χ3n) is 2.09. The number of carbonyl (C=O) groups excluding carboxylic acids is 1. The van der Waals surface area contributed by atoms with Crippen molar-refractivity contribution in [1.29, 1.82) is 0 Å². The summed E-state index contributed by atoms with van der Waals surface area (Å²) in [6, 6.07) is 3.93. The summed E-state index contributed by atoms with van der Waals surface area (Å²) in [7, 11) is 0. The molecule has 0 fully saturated rings. The number of amides is 1. The Balaban J connectivity index is 2.92. The zero-order chi connectivity index (χ0) is 13.8. The van der Waals surface area contributed by atoms with Gasteiger partial charge in [0.25, 0.3) is 0 Å². The molecule has 1 N–H and O–H groups in total. The summed E-state index contributed by atoms with van der Waals surface area (Å²) in [4.78, 5) is 10.6. The van der Waals surface area contributed by atoms with E-state index in [1.807, 2.05) is 0 Å². The minimum absolute atomic E-state index is 0.0658. The van der Waals surface area contributed by atoms with Gasteiger partial charge in [0.15, 0.2) is 0 Å². The Kier molecular flexibility index (Phi) is 4.95. The highest BCUT2D eigenvalue weighted by Crippen LogP contribution is 2.34. The third-order valence-corrected chi connectivity index (χ3v) is 2.58. The summed E-state index contributed by atoms with van der Waals surface area (Å²) in [6.07, 6.45) is -1.59. The largest absolute Gasteiger partial charge is 0.417 e. The number of hydrogen-bond acceptors (Lipinski definition) is 1. The molecule has 0 aliphatic rings. The van der Waals surface area contributed by atoms with E-state index < -0.39 is 11.7 Å². The average Bonchev–Trinajstić information content (AvgIpc) is 2.24. The van der Waals surface area contributed by atoms with E-state index in [4.69, 9.17) is 0 Å². The first-order valence-corrected chi connectivity index (χ1v) is 5.87. The minimum Gasteiger partial charge on any atom is -0.353 e. The monoisotopic (exact) mass is 321 g/mol. The van der Waals surface area contributed by atoms with Crippen LogP contribution in [0.15, 0.2) is 28.7 Å². The molecule has 1 aromatic carbocycles. The van der Waals surface area contributed by atoms with Gasteiger partial charge in [0.05, 0.1) is 5.56 Å². The van der Waals surface area contributed by atoms with Crippen LogP contribution in [0.3, 0.4) is 0 Å². The average molecular weight is 322 g/mol. The van der Waals surface area contributed by atoms with Crippen molar-refractivity contribution in [1.82, 2.24) is 5.32 Å². The summed E-state index contributed by atoms with van der Waals surface area (Å²) >= 11 is 3.01. The SMILES string of the molecule is CC(=O)NCC=Cc1ccc(Br)cc1C(F)(F)F. The van der Waals surface area contributed by atoms with E-state index in [0.717, 1.165) is 6.07 Å². The number of halogens is 4. The normalized spacial score (nSPS) is 11.8. The number of carbonyl (C=O) groups is 1. The Morgan fingerprint density at radius 1 is 1.44 bits per heavy atom. The fourth-order valence-electron chi connectivity index (χ4n) is 1.31. The number of alkyl halides is 3. The van der Waals surface area contributed by atoms with Gasteiger partial charge in [-0.2, -0.15) is 13.2 Å². The molecule has 0 saturated heterocycles. The quantitative estimate of drug-likeness (QED) is 0.905. The molecule has 0 atom stereocenters. The molecule has 0 aliphatic heterocycles. The number of hydrogen-bond donors (Lipinski definition) is 1. The second-order valence-corrected chi connectivity index (χ2v) is 4.48. The molecule has 0 unspecified atom stereocenters. The Morgan fingerprint density at radius 2 is 2.11 bits per heavy atom. The van der Waals surface area contributed by atoms with Crippen molar-refractivity contribution in [2.45, 2.75) is 13.1 Å². The van der Waals surface area contributed by atoms with Crippen LogP contribution < -0.4 is 5.32 Å². The molecular formula is C12H11BrF3NO. The van der Waals surface area contributed by atoms with Crippen LogP contribution in [0.25, 0.3) is 6.08 Å². The standard InChI is InChI=1S/C12H11BrF3NO/c1-8(18)17-6-2-3-9-4-5-10(13)7-11(9)12(14,15)16/h2-5,7H,6H2,1H3,(H,17,18). The van der Waals surface area contributed by atoms with Crippen LogP contribution in [0.5, 0.6) is 0 Å². The van der Waals surface area contributed by atoms with E-state index >= 15 is 0 Å². The number of rotatable bonds is 3. The molecule has 0 heterocycles. The van der Waals surface area contributed by atoms with Crippen LogP contribution >= 0.6 is 15.9 Å². The molecule has 1 rings (SSSR count). The lowest BCUT2D eigenvalue weighted by atomic mass is 10.1. The van der Waals surface area contributed by atoms with Crippen molar-refractivity contribution in [3.63, 3.8) is 0 Å². The van der Waals surface area contributed by atoms with E-state index in [1.54, 1.807) is 0 Å². The highest BCUT2D eigenvalue weighted by atomic mass is 79.9. The Labute approximate surface area is 111 Å². The Bertz CT molecular complexity index is 469. The lowest BCUT2D eigenvalue weighted by Gasteiger charge is -2.10. The fraction of sp³-hybridized carbons (Fsp3) is 0.250. The van der Waals surface area contributed by atoms with Crippen molar-refractivity contribution in [3.05, 3.63) is 39.9 Å². The summed E-state index contributed by atoms with van der Waals surface area (Å²) in [5, 5.41) is 2.47. The molecule has 0 saturated carbocycles. The van der Waals surface area contributed by atoms with E-state index in [-0.39, 0.29) is 18.0 Å². The van der Waals surface area contributed by atoms with Gasteiger partial charge in [0, 0.05) is 17.9 Å². The van der Waals surface area contributed by atoms with Crippen molar-refractivity contribution in [2.24, 2.45) is 0 Å². The molecule has 6 heteroatoms. The zero-order valence-electron chi connectivity index (χ0n) is 9.51. The topological polar surface area (TPSA) is 29.1 Å². The lowest BCUT2D eigenvalue weighted by Crippen LogP contribution is -2.19. The second-order valence-electron chi connectivity index (χ2n) is 3.57. The van der Waals surface area contributed by atoms with Gasteiger partial charge in [0.2, 0.25) is 5.91 Å². The first-order valence-electron chi connectivity index (χ1n) is 5.08. The maximum atomic E-state index is 12.7. The van der Waals surface area contributed by atoms with E-state index in [0.29, 0.717) is 4.47 Å². The van der Waals surface area contributed by atoms with Gasteiger partial charge in [-0.1, -0.05) is 34.1 Å². The predicted octanol–water partition coefficient (Wildman–Crippen LogP) is 3.62. The van der Waals surface area contributed by atoms with E-state index in [2.05, 4.69) is 21.2 Å². The maximum absolute atomic E-state index is 12.7. The molecule has 0 bridgehead atoms. The molecule has 1 amide bonds. The summed E-state index contributed by atoms with van der Waals surface area (Å²) < 4.78 is 38.6. The van der Waals surface area contributed by atoms with Crippen LogP contribution in [0.1, 0.15) is 18.1 Å². The summed E-state index contributed by atoms with van der Waals surface area (Å²) in [5.74, 6) is -0.230. The fourth-order valence-corrected chi connectivity index (χ4v) is 1.67. The van der Waals surface area contributed by atoms with Crippen molar-refractivity contribution in [3.8, 4) is 0 Å². The van der Waals surface area contributed by atoms with Crippen molar-refractivity contribution in [2.75, 3.05) is 6.54 Å². The van der Waals surface area contributed by atoms with Crippen LogP contribution in [-0.4, -0.2) is 12.5 Å². The van der Waals surface area contributed by atoms with Gasteiger partial charge in [-0.25, -0.2) is 0 Å². The highest BCUT2D eigenvalue weighted by Gasteiger charge is 2.32. The van der Waals surface area contributed by atoms with Gasteiger partial charge in [-0.15, -0.1) is 0 Å². The number of benzene rings is 1. The summed E-state index contributed by atoms with van der Waals surface area (Å²) in [5.41, 5.74) is -0.646. The van der Waals surface area contributed by atoms with E-state index in [1.165, 1.54) is 31.2 Å². The van der Waals surface area contributed by atoms with Gasteiger partial charge in [-0.3, -0.25) is 4.79 Å². The van der Waals surface area contributed by atoms with Crippen LogP contribution in [0.4, 0.5) is 13.2 Å². The van der Waals surface area contributed by atoms with Crippen molar-refractivity contribution < 1.29 is 18.0 Å². The maximum Gasteiger partial charge on any atom is 0.417 e. The van der Waals surface area contributed by atoms with E-state index in [9.17, 15) is 18.0 Å². The van der Waals surface area contributed by atoms with Crippen LogP contribution in [0.2, 0.25) is 0 Å². The smallest absolute Gasteiger partial charge is 0.353 e. The minimum atomic E-state index is -4.41.